The summed E-state index contributed by atoms with van der Waals surface area (Å²) in [7, 11) is 0. The van der Waals surface area contributed by atoms with E-state index in [-0.39, 0.29) is 0 Å². The van der Waals surface area contributed by atoms with Crippen molar-refractivity contribution in [2.45, 2.75) is 65.4 Å². The Kier molecular flexibility index (Phi) is 5.59. The lowest BCUT2D eigenvalue weighted by molar-refractivity contribution is 0.0802. The van der Waals surface area contributed by atoms with Gasteiger partial charge in [-0.05, 0) is 25.7 Å². The van der Waals surface area contributed by atoms with Gasteiger partial charge in [-0.1, -0.05) is 27.2 Å². The first kappa shape index (κ1) is 12.4. The maximum absolute atomic E-state index is 6.05. The first-order valence-corrected chi connectivity index (χ1v) is 6.44. The lowest BCUT2D eigenvalue weighted by Crippen LogP contribution is -2.34. The molecule has 0 saturated heterocycles. The number of hydrogen-bond acceptors (Lipinski definition) is 2. The van der Waals surface area contributed by atoms with Gasteiger partial charge in [0.15, 0.2) is 0 Å². The van der Waals surface area contributed by atoms with Crippen LogP contribution < -0.4 is 5.32 Å². The minimum atomic E-state index is 0.404. The van der Waals surface area contributed by atoms with Gasteiger partial charge in [0.1, 0.15) is 11.9 Å². The molecule has 0 bridgehead atoms. The Labute approximate surface area is 94.1 Å². The molecular formula is C13H25NO. The highest BCUT2D eigenvalue weighted by atomic mass is 16.5. The standard InChI is InChI=1S/C13H25NO/c1-4-7-9-11-10-14-12(6-3)13(15-11)8-5-2/h11,14H,4-10H2,1-3H3. The van der Waals surface area contributed by atoms with E-state index in [1.54, 1.807) is 0 Å². The Hall–Kier alpha value is -0.660. The molecule has 0 saturated carbocycles. The fraction of sp³-hybridized carbons (Fsp3) is 0.846. The lowest BCUT2D eigenvalue weighted by atomic mass is 10.1. The van der Waals surface area contributed by atoms with E-state index in [1.165, 1.54) is 37.1 Å². The molecule has 0 aliphatic carbocycles. The second-order valence-corrected chi connectivity index (χ2v) is 4.27. The van der Waals surface area contributed by atoms with E-state index in [1.807, 2.05) is 0 Å². The van der Waals surface area contributed by atoms with E-state index in [2.05, 4.69) is 26.1 Å². The summed E-state index contributed by atoms with van der Waals surface area (Å²) in [5.74, 6) is 1.22. The average Bonchev–Trinajstić information content (AvgIpc) is 2.27. The van der Waals surface area contributed by atoms with Crippen LogP contribution in [0.3, 0.4) is 0 Å². The van der Waals surface area contributed by atoms with Gasteiger partial charge in [-0.15, -0.1) is 0 Å². The van der Waals surface area contributed by atoms with Crippen LogP contribution in [-0.2, 0) is 4.74 Å². The number of nitrogens with one attached hydrogen (secondary N) is 1. The Balaban J connectivity index is 2.49. The van der Waals surface area contributed by atoms with Crippen molar-refractivity contribution in [2.24, 2.45) is 0 Å². The van der Waals surface area contributed by atoms with Gasteiger partial charge in [0, 0.05) is 12.1 Å². The molecule has 0 aromatic carbocycles. The first-order valence-electron chi connectivity index (χ1n) is 6.44. The number of hydrogen-bond donors (Lipinski definition) is 1. The van der Waals surface area contributed by atoms with Crippen molar-refractivity contribution in [3.8, 4) is 0 Å². The molecule has 2 nitrogen and oxygen atoms in total. The lowest BCUT2D eigenvalue weighted by Gasteiger charge is -2.29. The highest BCUT2D eigenvalue weighted by molar-refractivity contribution is 5.09. The van der Waals surface area contributed by atoms with Crippen LogP contribution in [-0.4, -0.2) is 12.6 Å². The summed E-state index contributed by atoms with van der Waals surface area (Å²) in [4.78, 5) is 0. The van der Waals surface area contributed by atoms with Gasteiger partial charge in [0.05, 0.1) is 6.54 Å². The molecule has 0 aromatic heterocycles. The van der Waals surface area contributed by atoms with Crippen molar-refractivity contribution in [1.82, 2.24) is 5.32 Å². The summed E-state index contributed by atoms with van der Waals surface area (Å²) in [6, 6.07) is 0. The Morgan fingerprint density at radius 3 is 2.67 bits per heavy atom. The fourth-order valence-electron chi connectivity index (χ4n) is 2.00. The molecule has 0 spiro atoms. The van der Waals surface area contributed by atoms with Crippen molar-refractivity contribution in [3.63, 3.8) is 0 Å². The quantitative estimate of drug-likeness (QED) is 0.725. The summed E-state index contributed by atoms with van der Waals surface area (Å²) in [5.41, 5.74) is 1.32. The molecule has 1 N–H and O–H groups in total. The summed E-state index contributed by atoms with van der Waals surface area (Å²) in [6.07, 6.45) is 7.44. The smallest absolute Gasteiger partial charge is 0.115 e. The Bertz CT molecular complexity index is 211. The normalized spacial score (nSPS) is 21.1. The number of ether oxygens (including phenoxy) is 1. The highest BCUT2D eigenvalue weighted by Gasteiger charge is 2.19. The Morgan fingerprint density at radius 1 is 1.27 bits per heavy atom. The van der Waals surface area contributed by atoms with Crippen LogP contribution in [0.5, 0.6) is 0 Å². The number of unbranched alkanes of at least 4 members (excludes halogenated alkanes) is 1. The van der Waals surface area contributed by atoms with Crippen LogP contribution in [0.4, 0.5) is 0 Å². The van der Waals surface area contributed by atoms with E-state index >= 15 is 0 Å². The summed E-state index contributed by atoms with van der Waals surface area (Å²) < 4.78 is 6.05. The van der Waals surface area contributed by atoms with Gasteiger partial charge >= 0.3 is 0 Å². The van der Waals surface area contributed by atoms with Crippen LogP contribution >= 0.6 is 0 Å². The predicted molar refractivity (Wildman–Crippen MR) is 64.6 cm³/mol. The van der Waals surface area contributed by atoms with Crippen LogP contribution in [0.1, 0.15) is 59.3 Å². The largest absolute Gasteiger partial charge is 0.491 e. The van der Waals surface area contributed by atoms with Crippen LogP contribution in [0.2, 0.25) is 0 Å². The average molecular weight is 211 g/mol. The second-order valence-electron chi connectivity index (χ2n) is 4.27. The molecule has 0 fully saturated rings. The zero-order valence-electron chi connectivity index (χ0n) is 10.4. The van der Waals surface area contributed by atoms with Gasteiger partial charge in [-0.2, -0.15) is 0 Å². The molecule has 1 rings (SSSR count). The van der Waals surface area contributed by atoms with E-state index in [0.29, 0.717) is 6.10 Å². The molecule has 1 atom stereocenters. The van der Waals surface area contributed by atoms with Gasteiger partial charge < -0.3 is 10.1 Å². The SMILES string of the molecule is CCCCC1CNC(CC)=C(CCC)O1. The molecule has 1 aliphatic rings. The van der Waals surface area contributed by atoms with E-state index in [9.17, 15) is 0 Å². The highest BCUT2D eigenvalue weighted by Crippen LogP contribution is 2.22. The molecule has 0 amide bonds. The van der Waals surface area contributed by atoms with Crippen LogP contribution in [0.25, 0.3) is 0 Å². The zero-order chi connectivity index (χ0) is 11.1. The number of allylic oxidation sites excluding steroid dienone is 2. The molecule has 15 heavy (non-hydrogen) atoms. The van der Waals surface area contributed by atoms with Crippen LogP contribution in [0.15, 0.2) is 11.5 Å². The van der Waals surface area contributed by atoms with Crippen molar-refractivity contribution < 1.29 is 4.74 Å². The van der Waals surface area contributed by atoms with Gasteiger partial charge in [0.2, 0.25) is 0 Å². The third-order valence-corrected chi connectivity index (χ3v) is 2.90. The molecule has 88 valence electrons. The van der Waals surface area contributed by atoms with Crippen molar-refractivity contribution in [3.05, 3.63) is 11.5 Å². The summed E-state index contributed by atoms with van der Waals surface area (Å²) >= 11 is 0. The molecule has 2 heteroatoms. The fourth-order valence-corrected chi connectivity index (χ4v) is 2.00. The molecular weight excluding hydrogens is 186 g/mol. The second kappa shape index (κ2) is 6.76. The van der Waals surface area contributed by atoms with Crippen molar-refractivity contribution >= 4 is 0 Å². The van der Waals surface area contributed by atoms with Gasteiger partial charge in [-0.25, -0.2) is 0 Å². The van der Waals surface area contributed by atoms with Crippen molar-refractivity contribution in [1.29, 1.82) is 0 Å². The van der Waals surface area contributed by atoms with E-state index in [4.69, 9.17) is 4.74 Å². The van der Waals surface area contributed by atoms with E-state index in [0.717, 1.165) is 19.4 Å². The minimum Gasteiger partial charge on any atom is -0.491 e. The topological polar surface area (TPSA) is 21.3 Å². The van der Waals surface area contributed by atoms with Crippen LogP contribution in [0, 0.1) is 0 Å². The van der Waals surface area contributed by atoms with Gasteiger partial charge in [-0.3, -0.25) is 0 Å². The summed E-state index contributed by atoms with van der Waals surface area (Å²) in [6.45, 7) is 7.62. The minimum absolute atomic E-state index is 0.404. The van der Waals surface area contributed by atoms with E-state index < -0.39 is 0 Å². The molecule has 1 unspecified atom stereocenters. The number of rotatable bonds is 6. The molecule has 1 heterocycles. The molecule has 0 radical (unpaired) electrons. The van der Waals surface area contributed by atoms with Gasteiger partial charge in [0.25, 0.3) is 0 Å². The predicted octanol–water partition coefficient (Wildman–Crippen LogP) is 3.59. The summed E-state index contributed by atoms with van der Waals surface area (Å²) in [5, 5.41) is 3.52. The Morgan fingerprint density at radius 2 is 2.07 bits per heavy atom. The van der Waals surface area contributed by atoms with Crippen molar-refractivity contribution in [2.75, 3.05) is 6.54 Å². The zero-order valence-corrected chi connectivity index (χ0v) is 10.4. The molecule has 1 aliphatic heterocycles. The molecule has 0 aromatic rings. The maximum atomic E-state index is 6.05. The maximum Gasteiger partial charge on any atom is 0.115 e. The first-order chi connectivity index (χ1) is 7.31. The third-order valence-electron chi connectivity index (χ3n) is 2.90. The third kappa shape index (κ3) is 3.77. The monoisotopic (exact) mass is 211 g/mol.